The third-order valence-corrected chi connectivity index (χ3v) is 2.68. The smallest absolute Gasteiger partial charge is 0.338 e. The molecular weight excluding hydrogens is 258 g/mol. The lowest BCUT2D eigenvalue weighted by atomic mass is 10.1. The lowest BCUT2D eigenvalue weighted by Gasteiger charge is -2.10. The zero-order chi connectivity index (χ0) is 14.4. The van der Waals surface area contributed by atoms with Gasteiger partial charge in [-0.15, -0.1) is 4.91 Å². The van der Waals surface area contributed by atoms with Crippen LogP contribution in [0.1, 0.15) is 11.6 Å². The first-order chi connectivity index (χ1) is 9.74. The molecule has 2 aromatic carbocycles. The van der Waals surface area contributed by atoms with Crippen molar-refractivity contribution in [3.63, 3.8) is 0 Å². The first-order valence-electron chi connectivity index (χ1n) is 5.97. The number of hydrogen-bond donors (Lipinski definition) is 0. The van der Waals surface area contributed by atoms with Gasteiger partial charge in [-0.3, -0.25) is 0 Å². The average molecular weight is 271 g/mol. The Bertz CT molecular complexity index is 598. The van der Waals surface area contributed by atoms with E-state index in [1.807, 2.05) is 30.3 Å². The molecule has 5 nitrogen and oxygen atoms in total. The van der Waals surface area contributed by atoms with E-state index in [0.29, 0.717) is 17.1 Å². The van der Waals surface area contributed by atoms with Crippen LogP contribution in [0.5, 0.6) is 11.5 Å². The van der Waals surface area contributed by atoms with Crippen molar-refractivity contribution in [2.75, 3.05) is 7.11 Å². The number of methoxy groups -OCH3 is 1. The lowest BCUT2D eigenvalue weighted by Crippen LogP contribution is -2.11. The van der Waals surface area contributed by atoms with Crippen LogP contribution in [0.15, 0.2) is 59.8 Å². The molecule has 2 rings (SSSR count). The van der Waals surface area contributed by atoms with Gasteiger partial charge in [0.15, 0.2) is 0 Å². The molecule has 0 fully saturated rings. The number of hydrogen-bond acceptors (Lipinski definition) is 5. The molecule has 0 heterocycles. The molecule has 2 aromatic rings. The van der Waals surface area contributed by atoms with E-state index in [9.17, 15) is 9.70 Å². The van der Waals surface area contributed by atoms with Gasteiger partial charge in [-0.2, -0.15) is 0 Å². The third kappa shape index (κ3) is 3.20. The number of nitrogens with zero attached hydrogens (tertiary/aromatic N) is 1. The van der Waals surface area contributed by atoms with Crippen LogP contribution in [0.4, 0.5) is 0 Å². The minimum atomic E-state index is -1.18. The molecule has 0 aromatic heterocycles. The van der Waals surface area contributed by atoms with Crippen LogP contribution >= 0.6 is 0 Å². The summed E-state index contributed by atoms with van der Waals surface area (Å²) in [6, 6.07) is 14.7. The minimum absolute atomic E-state index is 0.431. The number of ether oxygens (including phenoxy) is 2. The van der Waals surface area contributed by atoms with Crippen LogP contribution in [0.25, 0.3) is 0 Å². The second kappa shape index (κ2) is 6.47. The topological polar surface area (TPSA) is 65.0 Å². The zero-order valence-electron chi connectivity index (χ0n) is 10.9. The Labute approximate surface area is 116 Å². The summed E-state index contributed by atoms with van der Waals surface area (Å²) in [5.74, 6) is 0.487. The Morgan fingerprint density at radius 3 is 2.40 bits per heavy atom. The molecule has 0 amide bonds. The number of nitroso groups, excluding NO2 is 1. The van der Waals surface area contributed by atoms with Gasteiger partial charge in [-0.05, 0) is 35.0 Å². The normalized spacial score (nSPS) is 11.4. The van der Waals surface area contributed by atoms with Crippen LogP contribution in [-0.4, -0.2) is 13.1 Å². The number of para-hydroxylation sites is 1. The second-order valence-corrected chi connectivity index (χ2v) is 4.02. The van der Waals surface area contributed by atoms with Gasteiger partial charge < -0.3 is 9.47 Å². The first-order valence-corrected chi connectivity index (χ1v) is 5.97. The molecule has 1 atom stereocenters. The number of rotatable bonds is 5. The highest BCUT2D eigenvalue weighted by atomic mass is 16.5. The monoisotopic (exact) mass is 271 g/mol. The number of benzene rings is 2. The molecule has 0 radical (unpaired) electrons. The summed E-state index contributed by atoms with van der Waals surface area (Å²) in [4.78, 5) is 22.2. The fourth-order valence-electron chi connectivity index (χ4n) is 1.72. The van der Waals surface area contributed by atoms with Gasteiger partial charge in [0.1, 0.15) is 11.5 Å². The van der Waals surface area contributed by atoms with Gasteiger partial charge in [0.05, 0.1) is 7.11 Å². The molecular formula is C15H13NO4. The highest BCUT2D eigenvalue weighted by molar-refractivity contribution is 5.77. The fourth-order valence-corrected chi connectivity index (χ4v) is 1.72. The minimum Gasteiger partial charge on any atom is -0.467 e. The lowest BCUT2D eigenvalue weighted by molar-refractivity contribution is -0.142. The maximum atomic E-state index is 11.5. The summed E-state index contributed by atoms with van der Waals surface area (Å²) in [6.07, 6.45) is 0. The quantitative estimate of drug-likeness (QED) is 0.617. The second-order valence-electron chi connectivity index (χ2n) is 4.02. The molecule has 0 aliphatic carbocycles. The van der Waals surface area contributed by atoms with E-state index >= 15 is 0 Å². The van der Waals surface area contributed by atoms with Gasteiger partial charge in [0.25, 0.3) is 0 Å². The highest BCUT2D eigenvalue weighted by Crippen LogP contribution is 2.26. The maximum absolute atomic E-state index is 11.5. The van der Waals surface area contributed by atoms with Crippen LogP contribution < -0.4 is 4.74 Å². The Balaban J connectivity index is 2.23. The summed E-state index contributed by atoms with van der Waals surface area (Å²) in [5, 5.41) is 2.80. The van der Waals surface area contributed by atoms with Gasteiger partial charge in [-0.1, -0.05) is 30.3 Å². The van der Waals surface area contributed by atoms with Crippen molar-refractivity contribution >= 4 is 5.97 Å². The van der Waals surface area contributed by atoms with Gasteiger partial charge in [0, 0.05) is 0 Å². The van der Waals surface area contributed by atoms with Crippen LogP contribution in [-0.2, 0) is 9.53 Å². The number of carbonyl (C=O) groups is 1. The van der Waals surface area contributed by atoms with Gasteiger partial charge in [-0.25, -0.2) is 4.79 Å². The van der Waals surface area contributed by atoms with Crippen LogP contribution in [0.3, 0.4) is 0 Å². The Hall–Kier alpha value is -2.69. The highest BCUT2D eigenvalue weighted by Gasteiger charge is 2.22. The predicted octanol–water partition coefficient (Wildman–Crippen LogP) is 3.46. The van der Waals surface area contributed by atoms with E-state index in [0.717, 1.165) is 0 Å². The first kappa shape index (κ1) is 13.7. The van der Waals surface area contributed by atoms with E-state index in [1.54, 1.807) is 24.3 Å². The molecule has 0 spiro atoms. The van der Waals surface area contributed by atoms with Crippen molar-refractivity contribution in [1.29, 1.82) is 0 Å². The van der Waals surface area contributed by atoms with Crippen molar-refractivity contribution in [3.8, 4) is 11.5 Å². The summed E-state index contributed by atoms with van der Waals surface area (Å²) < 4.78 is 10.2. The van der Waals surface area contributed by atoms with E-state index in [1.165, 1.54) is 7.11 Å². The summed E-state index contributed by atoms with van der Waals surface area (Å²) in [5.41, 5.74) is 0.431. The summed E-state index contributed by atoms with van der Waals surface area (Å²) in [7, 11) is 1.21. The Morgan fingerprint density at radius 1 is 1.05 bits per heavy atom. The van der Waals surface area contributed by atoms with E-state index in [-0.39, 0.29) is 0 Å². The van der Waals surface area contributed by atoms with Gasteiger partial charge >= 0.3 is 5.97 Å². The number of esters is 1. The zero-order valence-corrected chi connectivity index (χ0v) is 10.9. The molecule has 102 valence electrons. The molecule has 0 N–H and O–H groups in total. The maximum Gasteiger partial charge on any atom is 0.338 e. The van der Waals surface area contributed by atoms with Crippen LogP contribution in [0.2, 0.25) is 0 Å². The van der Waals surface area contributed by atoms with E-state index in [2.05, 4.69) is 9.91 Å². The van der Waals surface area contributed by atoms with Crippen molar-refractivity contribution < 1.29 is 14.3 Å². The van der Waals surface area contributed by atoms with E-state index < -0.39 is 12.0 Å². The summed E-state index contributed by atoms with van der Waals surface area (Å²) in [6.45, 7) is 0. The molecule has 0 saturated carbocycles. The molecule has 0 aliphatic rings. The molecule has 5 heteroatoms. The van der Waals surface area contributed by atoms with Crippen molar-refractivity contribution in [3.05, 3.63) is 65.1 Å². The van der Waals surface area contributed by atoms with Gasteiger partial charge in [0.2, 0.25) is 6.04 Å². The standard InChI is InChI=1S/C15H13NO4/c1-19-15(17)14(16-18)11-6-5-9-13(10-11)20-12-7-3-2-4-8-12/h2-10,14H,1H3. The molecule has 0 bridgehead atoms. The predicted molar refractivity (Wildman–Crippen MR) is 73.5 cm³/mol. The van der Waals surface area contributed by atoms with Crippen molar-refractivity contribution in [2.45, 2.75) is 6.04 Å². The SMILES string of the molecule is COC(=O)C(N=O)c1cccc(Oc2ccccc2)c1. The van der Waals surface area contributed by atoms with Crippen LogP contribution in [0, 0.1) is 4.91 Å². The molecule has 1 unspecified atom stereocenters. The fraction of sp³-hybridized carbons (Fsp3) is 0.133. The molecule has 0 aliphatic heterocycles. The Kier molecular flexibility index (Phi) is 4.44. The molecule has 20 heavy (non-hydrogen) atoms. The Morgan fingerprint density at radius 2 is 1.75 bits per heavy atom. The summed E-state index contributed by atoms with van der Waals surface area (Å²) >= 11 is 0. The third-order valence-electron chi connectivity index (χ3n) is 2.68. The average Bonchev–Trinajstić information content (AvgIpc) is 2.49. The largest absolute Gasteiger partial charge is 0.467 e. The van der Waals surface area contributed by atoms with E-state index in [4.69, 9.17) is 4.74 Å². The molecule has 0 saturated heterocycles. The van der Waals surface area contributed by atoms with Crippen molar-refractivity contribution in [2.24, 2.45) is 5.18 Å². The van der Waals surface area contributed by atoms with Crippen molar-refractivity contribution in [1.82, 2.24) is 0 Å². The number of carbonyl (C=O) groups excluding carboxylic acids is 1.